The fourth-order valence-electron chi connectivity index (χ4n) is 8.05. The highest BCUT2D eigenvalue weighted by molar-refractivity contribution is 5.89. The Morgan fingerprint density at radius 2 is 1.33 bits per heavy atom. The summed E-state index contributed by atoms with van der Waals surface area (Å²) in [5, 5.41) is 3.37. The molecule has 0 unspecified atom stereocenters. The van der Waals surface area contributed by atoms with Crippen LogP contribution < -0.4 is 10.2 Å². The summed E-state index contributed by atoms with van der Waals surface area (Å²) in [5.41, 5.74) is 16.6. The van der Waals surface area contributed by atoms with Crippen molar-refractivity contribution in [2.45, 2.75) is 39.0 Å². The third-order valence-corrected chi connectivity index (χ3v) is 11.3. The number of hydrogen-bond acceptors (Lipinski definition) is 2. The van der Waals surface area contributed by atoms with Crippen LogP contribution in [0.4, 0.5) is 22.7 Å². The maximum Gasteiger partial charge on any atom is 0.0468 e. The molecule has 2 aliphatic carbocycles. The van der Waals surface area contributed by atoms with E-state index in [0.29, 0.717) is 0 Å². The van der Waals surface area contributed by atoms with Crippen LogP contribution in [0.15, 0.2) is 235 Å². The van der Waals surface area contributed by atoms with Gasteiger partial charge in [-0.1, -0.05) is 184 Å². The molecule has 0 spiro atoms. The average Bonchev–Trinajstić information content (AvgIpc) is 3.55. The van der Waals surface area contributed by atoms with Crippen LogP contribution in [-0.4, -0.2) is 0 Å². The molecule has 2 heteroatoms. The van der Waals surface area contributed by atoms with E-state index in [0.717, 1.165) is 41.2 Å². The molecule has 0 aliphatic heterocycles. The number of fused-ring (bicyclic) bond motifs is 1. The minimum Gasteiger partial charge on any atom is -0.362 e. The quantitative estimate of drug-likeness (QED) is 0.118. The molecular formula is C58H52N2. The molecule has 0 fully saturated rings. The molecule has 6 aromatic rings. The highest BCUT2D eigenvalue weighted by Crippen LogP contribution is 2.46. The van der Waals surface area contributed by atoms with Crippen molar-refractivity contribution in [3.05, 3.63) is 252 Å². The highest BCUT2D eigenvalue weighted by Gasteiger charge is 2.32. The fourth-order valence-corrected chi connectivity index (χ4v) is 8.05. The molecule has 0 heterocycles. The van der Waals surface area contributed by atoms with E-state index in [9.17, 15) is 0 Å². The first-order chi connectivity index (χ1) is 29.5. The zero-order valence-corrected chi connectivity index (χ0v) is 34.8. The third-order valence-electron chi connectivity index (χ3n) is 11.3. The second kappa shape index (κ2) is 18.6. The molecule has 2 aliphatic rings. The SMILES string of the molecule is C/C=C\C=C/C1=Cc2ccc(N(c3ccccc3)c3ccc(-c4ccc(\C=C/C(=C\C=C\Nc5ccccc5)C5=CCCC=C5)cc4)c(-c4ccccc4)c3)cc2C1(C)C. The summed E-state index contributed by atoms with van der Waals surface area (Å²) in [5.74, 6) is 0. The largest absolute Gasteiger partial charge is 0.362 e. The van der Waals surface area contributed by atoms with Gasteiger partial charge in [-0.3, -0.25) is 0 Å². The summed E-state index contributed by atoms with van der Waals surface area (Å²) in [6.45, 7) is 6.71. The lowest BCUT2D eigenvalue weighted by Crippen LogP contribution is -2.17. The summed E-state index contributed by atoms with van der Waals surface area (Å²) < 4.78 is 0. The lowest BCUT2D eigenvalue weighted by atomic mass is 9.81. The monoisotopic (exact) mass is 776 g/mol. The van der Waals surface area contributed by atoms with Gasteiger partial charge in [0.15, 0.2) is 0 Å². The third kappa shape index (κ3) is 9.09. The topological polar surface area (TPSA) is 15.3 Å². The van der Waals surface area contributed by atoms with Gasteiger partial charge in [-0.2, -0.15) is 0 Å². The van der Waals surface area contributed by atoms with Crippen LogP contribution in [0.3, 0.4) is 0 Å². The predicted octanol–water partition coefficient (Wildman–Crippen LogP) is 16.1. The van der Waals surface area contributed by atoms with Gasteiger partial charge in [0.25, 0.3) is 0 Å². The number of anilines is 4. The Hall–Kier alpha value is -7.16. The lowest BCUT2D eigenvalue weighted by molar-refractivity contribution is 0.655. The highest BCUT2D eigenvalue weighted by atomic mass is 15.1. The van der Waals surface area contributed by atoms with E-state index in [-0.39, 0.29) is 5.41 Å². The van der Waals surface area contributed by atoms with Crippen molar-refractivity contribution in [3.63, 3.8) is 0 Å². The Bertz CT molecular complexity index is 2670. The van der Waals surface area contributed by atoms with E-state index in [2.05, 4.69) is 237 Å². The van der Waals surface area contributed by atoms with Crippen molar-refractivity contribution in [2.75, 3.05) is 10.2 Å². The molecule has 0 saturated carbocycles. The number of rotatable bonds is 13. The van der Waals surface area contributed by atoms with Gasteiger partial charge in [0.1, 0.15) is 0 Å². The van der Waals surface area contributed by atoms with E-state index in [1.165, 1.54) is 50.1 Å². The van der Waals surface area contributed by atoms with Gasteiger partial charge in [-0.25, -0.2) is 0 Å². The predicted molar refractivity (Wildman–Crippen MR) is 260 cm³/mol. The number of allylic oxidation sites excluding steroid dienone is 13. The summed E-state index contributed by atoms with van der Waals surface area (Å²) in [4.78, 5) is 2.39. The first-order valence-electron chi connectivity index (χ1n) is 21.0. The van der Waals surface area contributed by atoms with E-state index in [4.69, 9.17) is 0 Å². The molecule has 0 saturated heterocycles. The molecule has 0 aromatic heterocycles. The van der Waals surface area contributed by atoms with E-state index < -0.39 is 0 Å². The maximum absolute atomic E-state index is 3.37. The molecular weight excluding hydrogens is 725 g/mol. The number of hydrogen-bond donors (Lipinski definition) is 1. The zero-order valence-electron chi connectivity index (χ0n) is 34.8. The van der Waals surface area contributed by atoms with Gasteiger partial charge in [0.05, 0.1) is 0 Å². The number of para-hydroxylation sites is 2. The molecule has 1 N–H and O–H groups in total. The molecule has 0 amide bonds. The van der Waals surface area contributed by atoms with Gasteiger partial charge in [-0.15, -0.1) is 0 Å². The Morgan fingerprint density at radius 1 is 0.633 bits per heavy atom. The van der Waals surface area contributed by atoms with Crippen molar-refractivity contribution >= 4 is 34.9 Å². The summed E-state index contributed by atoms with van der Waals surface area (Å²) in [7, 11) is 0. The van der Waals surface area contributed by atoms with E-state index >= 15 is 0 Å². The van der Waals surface area contributed by atoms with E-state index in [1.54, 1.807) is 0 Å². The van der Waals surface area contributed by atoms with Gasteiger partial charge < -0.3 is 10.2 Å². The standard InChI is InChI=1S/C58H52N2/c1-4-5-10-25-50-41-49-36-37-54(43-57(49)58(50,2)3)60(52-28-17-9-18-29-52)53-38-39-55(56(42-53)47-22-13-7-14-23-47)48-34-31-44(32-35-48)30-33-46(45-20-11-6-12-21-45)24-19-40-59-51-26-15-8-16-27-51/h4-5,7-11,13-43,59H,6,12H2,1-3H3/b5-4-,25-10-,33-30-,40-19+,46-24+. The fraction of sp³-hybridized carbons (Fsp3) is 0.103. The Labute approximate surface area is 357 Å². The van der Waals surface area contributed by atoms with Gasteiger partial charge in [-0.05, 0) is 130 Å². The van der Waals surface area contributed by atoms with Crippen LogP contribution in [0, 0.1) is 0 Å². The summed E-state index contributed by atoms with van der Waals surface area (Å²) in [6.07, 6.45) is 30.5. The zero-order chi connectivity index (χ0) is 41.2. The van der Waals surface area contributed by atoms with Crippen LogP contribution in [0.1, 0.15) is 50.3 Å². The Morgan fingerprint density at radius 3 is 2.07 bits per heavy atom. The van der Waals surface area contributed by atoms with E-state index in [1.807, 2.05) is 24.4 Å². The molecule has 0 bridgehead atoms. The first kappa shape index (κ1) is 39.7. The summed E-state index contributed by atoms with van der Waals surface area (Å²) in [6, 6.07) is 54.5. The second-order valence-electron chi connectivity index (χ2n) is 15.7. The van der Waals surface area contributed by atoms with Crippen molar-refractivity contribution in [1.82, 2.24) is 0 Å². The van der Waals surface area contributed by atoms with Crippen LogP contribution in [0.25, 0.3) is 34.4 Å². The van der Waals surface area contributed by atoms with Gasteiger partial charge >= 0.3 is 0 Å². The lowest BCUT2D eigenvalue weighted by Gasteiger charge is -2.29. The molecule has 60 heavy (non-hydrogen) atoms. The molecule has 0 radical (unpaired) electrons. The van der Waals surface area contributed by atoms with Gasteiger partial charge in [0.2, 0.25) is 0 Å². The summed E-state index contributed by atoms with van der Waals surface area (Å²) >= 11 is 0. The molecule has 294 valence electrons. The average molecular weight is 777 g/mol. The van der Waals surface area contributed by atoms with Crippen LogP contribution in [0.2, 0.25) is 0 Å². The van der Waals surface area contributed by atoms with Crippen molar-refractivity contribution in [1.29, 1.82) is 0 Å². The van der Waals surface area contributed by atoms with Gasteiger partial charge in [0, 0.05) is 34.4 Å². The number of nitrogens with zero attached hydrogens (tertiary/aromatic N) is 1. The smallest absolute Gasteiger partial charge is 0.0468 e. The molecule has 2 nitrogen and oxygen atoms in total. The van der Waals surface area contributed by atoms with Crippen molar-refractivity contribution in [2.24, 2.45) is 0 Å². The molecule has 6 aromatic carbocycles. The van der Waals surface area contributed by atoms with Crippen LogP contribution >= 0.6 is 0 Å². The normalized spacial score (nSPS) is 14.9. The van der Waals surface area contributed by atoms with Crippen molar-refractivity contribution < 1.29 is 0 Å². The van der Waals surface area contributed by atoms with Crippen molar-refractivity contribution in [3.8, 4) is 22.3 Å². The maximum atomic E-state index is 3.37. The Kier molecular flexibility index (Phi) is 12.3. The second-order valence-corrected chi connectivity index (χ2v) is 15.7. The number of nitrogens with one attached hydrogen (secondary N) is 1. The number of benzene rings is 6. The minimum absolute atomic E-state index is 0.120. The van der Waals surface area contributed by atoms with Crippen LogP contribution in [0.5, 0.6) is 0 Å². The van der Waals surface area contributed by atoms with Crippen LogP contribution in [-0.2, 0) is 5.41 Å². The molecule has 8 rings (SSSR count). The first-order valence-corrected chi connectivity index (χ1v) is 21.0. The minimum atomic E-state index is -0.120. The Balaban J connectivity index is 1.12. The molecule has 0 atom stereocenters.